The van der Waals surface area contributed by atoms with Crippen molar-refractivity contribution in [3.05, 3.63) is 52.9 Å². The molecule has 3 rings (SSSR count). The molecule has 0 radical (unpaired) electrons. The van der Waals surface area contributed by atoms with Crippen molar-refractivity contribution in [3.8, 4) is 5.75 Å². The molecule has 2 aromatic rings. The Kier molecular flexibility index (Phi) is 5.33. The van der Waals surface area contributed by atoms with Gasteiger partial charge in [0.1, 0.15) is 5.75 Å². The van der Waals surface area contributed by atoms with Crippen LogP contribution in [0, 0.1) is 0 Å². The Hall–Kier alpha value is -3.13. The van der Waals surface area contributed by atoms with Crippen LogP contribution in [0.15, 0.2) is 57.6 Å². The van der Waals surface area contributed by atoms with Gasteiger partial charge in [0.25, 0.3) is 5.91 Å². The number of esters is 1. The summed E-state index contributed by atoms with van der Waals surface area (Å²) in [6.07, 6.45) is 2.70. The van der Waals surface area contributed by atoms with Crippen LogP contribution in [-0.4, -0.2) is 37.5 Å². The molecular formula is C18H15N3O4S. The fraction of sp³-hybridized carbons (Fsp3) is 0.111. The number of amides is 1. The lowest BCUT2D eigenvalue weighted by Crippen LogP contribution is -2.19. The minimum Gasteiger partial charge on any atom is -0.497 e. The van der Waals surface area contributed by atoms with Crippen LogP contribution in [0.5, 0.6) is 5.75 Å². The first-order chi connectivity index (χ1) is 12.6. The van der Waals surface area contributed by atoms with Gasteiger partial charge in [-0.2, -0.15) is 5.10 Å². The van der Waals surface area contributed by atoms with Crippen LogP contribution in [0.3, 0.4) is 0 Å². The second kappa shape index (κ2) is 7.83. The molecular weight excluding hydrogens is 354 g/mol. The number of thioether (sulfide) groups is 1. The van der Waals surface area contributed by atoms with E-state index in [9.17, 15) is 9.59 Å². The maximum atomic E-state index is 11.7. The number of fused-ring (bicyclic) bond motifs is 1. The summed E-state index contributed by atoms with van der Waals surface area (Å²) in [5, 5.41) is 12.9. The molecule has 1 aliphatic rings. The zero-order valence-corrected chi connectivity index (χ0v) is 14.9. The van der Waals surface area contributed by atoms with Crippen molar-refractivity contribution in [1.82, 2.24) is 5.32 Å². The van der Waals surface area contributed by atoms with E-state index in [0.717, 1.165) is 39.9 Å². The number of benzene rings is 2. The number of nitrogens with zero attached hydrogens (tertiary/aromatic N) is 2. The van der Waals surface area contributed by atoms with Gasteiger partial charge in [-0.3, -0.25) is 10.1 Å². The summed E-state index contributed by atoms with van der Waals surface area (Å²) < 4.78 is 9.71. The minimum atomic E-state index is -0.597. The van der Waals surface area contributed by atoms with E-state index < -0.39 is 11.9 Å². The van der Waals surface area contributed by atoms with Gasteiger partial charge in [-0.25, -0.2) is 4.79 Å². The van der Waals surface area contributed by atoms with E-state index in [1.807, 2.05) is 36.4 Å². The second-order valence-electron chi connectivity index (χ2n) is 5.21. The Morgan fingerprint density at radius 1 is 1.15 bits per heavy atom. The quantitative estimate of drug-likeness (QED) is 0.387. The SMILES string of the molecule is COC(=O)/C=C1/S/C(=N\N=Cc2ccc3cc(OC)ccc3c2)NC1=O. The third kappa shape index (κ3) is 4.09. The van der Waals surface area contributed by atoms with Crippen molar-refractivity contribution in [2.24, 2.45) is 10.2 Å². The average Bonchev–Trinajstić information content (AvgIpc) is 3.00. The van der Waals surface area contributed by atoms with Crippen molar-refractivity contribution in [1.29, 1.82) is 0 Å². The van der Waals surface area contributed by atoms with Crippen LogP contribution >= 0.6 is 11.8 Å². The van der Waals surface area contributed by atoms with Crippen LogP contribution in [-0.2, 0) is 14.3 Å². The van der Waals surface area contributed by atoms with Crippen molar-refractivity contribution in [2.75, 3.05) is 14.2 Å². The zero-order valence-electron chi connectivity index (χ0n) is 14.1. The van der Waals surface area contributed by atoms with Crippen LogP contribution in [0.4, 0.5) is 0 Å². The zero-order chi connectivity index (χ0) is 18.5. The summed E-state index contributed by atoms with van der Waals surface area (Å²) in [6, 6.07) is 11.7. The Bertz CT molecular complexity index is 966. The highest BCUT2D eigenvalue weighted by molar-refractivity contribution is 8.18. The van der Waals surface area contributed by atoms with Gasteiger partial charge in [-0.15, -0.1) is 5.10 Å². The predicted molar refractivity (Wildman–Crippen MR) is 101 cm³/mol. The molecule has 0 aromatic heterocycles. The van der Waals surface area contributed by atoms with Crippen molar-refractivity contribution in [2.45, 2.75) is 0 Å². The third-order valence-corrected chi connectivity index (χ3v) is 4.43. The van der Waals surface area contributed by atoms with Gasteiger partial charge in [0.2, 0.25) is 0 Å². The highest BCUT2D eigenvalue weighted by Gasteiger charge is 2.24. The van der Waals surface area contributed by atoms with Gasteiger partial charge in [0.05, 0.1) is 25.3 Å². The lowest BCUT2D eigenvalue weighted by atomic mass is 10.1. The number of hydrogen-bond donors (Lipinski definition) is 1. The first kappa shape index (κ1) is 17.7. The van der Waals surface area contributed by atoms with Gasteiger partial charge in [-0.05, 0) is 46.3 Å². The lowest BCUT2D eigenvalue weighted by Gasteiger charge is -2.03. The highest BCUT2D eigenvalue weighted by Crippen LogP contribution is 2.24. The van der Waals surface area contributed by atoms with Gasteiger partial charge >= 0.3 is 5.97 Å². The van der Waals surface area contributed by atoms with E-state index in [-0.39, 0.29) is 4.91 Å². The molecule has 0 unspecified atom stereocenters. The molecule has 1 heterocycles. The Morgan fingerprint density at radius 3 is 2.69 bits per heavy atom. The van der Waals surface area contributed by atoms with Gasteiger partial charge in [0, 0.05) is 6.08 Å². The predicted octanol–water partition coefficient (Wildman–Crippen LogP) is 2.46. The molecule has 132 valence electrons. The Balaban J connectivity index is 1.73. The summed E-state index contributed by atoms with van der Waals surface area (Å²) >= 11 is 1.03. The summed E-state index contributed by atoms with van der Waals surface area (Å²) in [4.78, 5) is 23.1. The normalized spacial score (nSPS) is 17.2. The first-order valence-corrected chi connectivity index (χ1v) is 8.38. The minimum absolute atomic E-state index is 0.213. The number of methoxy groups -OCH3 is 2. The summed E-state index contributed by atoms with van der Waals surface area (Å²) in [5.41, 5.74) is 0.867. The maximum Gasteiger partial charge on any atom is 0.331 e. The maximum absolute atomic E-state index is 11.7. The smallest absolute Gasteiger partial charge is 0.331 e. The third-order valence-electron chi connectivity index (χ3n) is 3.53. The number of hydrogen-bond acceptors (Lipinski definition) is 7. The number of rotatable bonds is 4. The van der Waals surface area contributed by atoms with E-state index in [1.54, 1.807) is 13.3 Å². The summed E-state index contributed by atoms with van der Waals surface area (Å²) in [5.74, 6) is -0.204. The van der Waals surface area contributed by atoms with Crippen LogP contribution < -0.4 is 10.1 Å². The van der Waals surface area contributed by atoms with Gasteiger partial charge in [-0.1, -0.05) is 18.2 Å². The molecule has 0 bridgehead atoms. The molecule has 1 fully saturated rings. The molecule has 7 nitrogen and oxygen atoms in total. The number of carbonyl (C=O) groups excluding carboxylic acids is 2. The molecule has 8 heteroatoms. The highest BCUT2D eigenvalue weighted by atomic mass is 32.2. The molecule has 0 spiro atoms. The Morgan fingerprint density at radius 2 is 1.92 bits per heavy atom. The number of carbonyl (C=O) groups is 2. The van der Waals surface area contributed by atoms with E-state index in [2.05, 4.69) is 20.3 Å². The molecule has 0 saturated carbocycles. The molecule has 0 atom stereocenters. The fourth-order valence-corrected chi connectivity index (χ4v) is 2.98. The van der Waals surface area contributed by atoms with Crippen LogP contribution in [0.1, 0.15) is 5.56 Å². The van der Waals surface area contributed by atoms with E-state index in [4.69, 9.17) is 4.74 Å². The van der Waals surface area contributed by atoms with Crippen LogP contribution in [0.2, 0.25) is 0 Å². The fourth-order valence-electron chi connectivity index (χ4n) is 2.24. The molecule has 0 aliphatic carbocycles. The van der Waals surface area contributed by atoms with E-state index >= 15 is 0 Å². The van der Waals surface area contributed by atoms with Gasteiger partial charge < -0.3 is 9.47 Å². The van der Waals surface area contributed by atoms with Crippen molar-refractivity contribution < 1.29 is 19.1 Å². The van der Waals surface area contributed by atoms with Crippen molar-refractivity contribution in [3.63, 3.8) is 0 Å². The largest absolute Gasteiger partial charge is 0.497 e. The molecule has 26 heavy (non-hydrogen) atoms. The standard InChI is InChI=1S/C18H15N3O4S/c1-24-14-6-5-12-7-11(3-4-13(12)8-14)10-19-21-18-20-17(23)15(26-18)9-16(22)25-2/h3-10H,1-2H3,(H,20,21,23)/b15-9+,19-10?. The monoisotopic (exact) mass is 369 g/mol. The van der Waals surface area contributed by atoms with E-state index in [1.165, 1.54) is 7.11 Å². The second-order valence-corrected chi connectivity index (χ2v) is 6.24. The number of ether oxygens (including phenoxy) is 2. The lowest BCUT2D eigenvalue weighted by molar-refractivity contribution is -0.135. The average molecular weight is 369 g/mol. The summed E-state index contributed by atoms with van der Waals surface area (Å²) in [6.45, 7) is 0. The number of amidine groups is 1. The molecule has 1 aliphatic heterocycles. The first-order valence-electron chi connectivity index (χ1n) is 7.57. The molecule has 2 aromatic carbocycles. The topological polar surface area (TPSA) is 89.3 Å². The molecule has 1 saturated heterocycles. The van der Waals surface area contributed by atoms with Crippen molar-refractivity contribution >= 4 is 45.8 Å². The number of nitrogens with one attached hydrogen (secondary N) is 1. The van der Waals surface area contributed by atoms with E-state index in [0.29, 0.717) is 5.17 Å². The summed E-state index contributed by atoms with van der Waals surface area (Å²) in [7, 11) is 2.88. The van der Waals surface area contributed by atoms with Crippen LogP contribution in [0.25, 0.3) is 10.8 Å². The molecule has 1 amide bonds. The Labute approximate surface area is 153 Å². The van der Waals surface area contributed by atoms with Gasteiger partial charge in [0.15, 0.2) is 5.17 Å². The molecule has 1 N–H and O–H groups in total.